The molecule has 2 aromatic rings. The number of amides is 1. The predicted molar refractivity (Wildman–Crippen MR) is 102 cm³/mol. The summed E-state index contributed by atoms with van der Waals surface area (Å²) >= 11 is 0. The molecule has 0 aliphatic carbocycles. The van der Waals surface area contributed by atoms with E-state index in [9.17, 15) is 18.0 Å². The van der Waals surface area contributed by atoms with Gasteiger partial charge in [-0.25, -0.2) is 4.68 Å². The molecular formula is C20H24F3N5O. The van der Waals surface area contributed by atoms with Crippen molar-refractivity contribution in [3.05, 3.63) is 41.3 Å². The van der Waals surface area contributed by atoms with Crippen LogP contribution >= 0.6 is 0 Å². The maximum Gasteiger partial charge on any atom is 0.410 e. The highest BCUT2D eigenvalue weighted by molar-refractivity contribution is 5.95. The van der Waals surface area contributed by atoms with Gasteiger partial charge in [0.25, 0.3) is 5.91 Å². The van der Waals surface area contributed by atoms with Crippen LogP contribution in [0.4, 0.5) is 19.0 Å². The summed E-state index contributed by atoms with van der Waals surface area (Å²) in [4.78, 5) is 19.0. The molecule has 0 radical (unpaired) electrons. The van der Waals surface area contributed by atoms with Crippen LogP contribution in [-0.4, -0.2) is 44.3 Å². The molecule has 4 rings (SSSR count). The summed E-state index contributed by atoms with van der Waals surface area (Å²) in [6.07, 6.45) is -0.728. The number of hydrogen-bond acceptors (Lipinski definition) is 4. The summed E-state index contributed by atoms with van der Waals surface area (Å²) in [6, 6.07) is 2.87. The third-order valence-electron chi connectivity index (χ3n) is 5.87. The highest BCUT2D eigenvalue weighted by Crippen LogP contribution is 2.42. The topological polar surface area (TPSA) is 63.1 Å². The van der Waals surface area contributed by atoms with E-state index in [1.807, 2.05) is 6.92 Å². The molecule has 1 amide bonds. The van der Waals surface area contributed by atoms with Crippen LogP contribution in [0.1, 0.15) is 66.4 Å². The molecule has 1 fully saturated rings. The molecule has 0 unspecified atom stereocenters. The number of halogens is 3. The van der Waals surface area contributed by atoms with Crippen molar-refractivity contribution in [1.29, 1.82) is 0 Å². The normalized spacial score (nSPS) is 24.3. The van der Waals surface area contributed by atoms with Gasteiger partial charge in [0.2, 0.25) is 0 Å². The number of carbonyl (C=O) groups is 1. The van der Waals surface area contributed by atoms with Gasteiger partial charge in [-0.1, -0.05) is 6.92 Å². The number of alkyl halides is 3. The predicted octanol–water partition coefficient (Wildman–Crippen LogP) is 4.26. The molecule has 156 valence electrons. The molecular weight excluding hydrogens is 383 g/mol. The average molecular weight is 407 g/mol. The Morgan fingerprint density at radius 2 is 2.17 bits per heavy atom. The molecule has 29 heavy (non-hydrogen) atoms. The quantitative estimate of drug-likeness (QED) is 0.826. The molecule has 2 aliphatic rings. The molecule has 0 aromatic carbocycles. The van der Waals surface area contributed by atoms with Gasteiger partial charge in [-0.2, -0.15) is 18.3 Å². The number of aromatic nitrogens is 3. The summed E-state index contributed by atoms with van der Waals surface area (Å²) in [5, 5.41) is 7.49. The van der Waals surface area contributed by atoms with Gasteiger partial charge in [0.1, 0.15) is 5.82 Å². The minimum absolute atomic E-state index is 0.0453. The minimum atomic E-state index is -4.37. The van der Waals surface area contributed by atoms with Gasteiger partial charge in [0.05, 0.1) is 17.3 Å². The first-order chi connectivity index (χ1) is 13.8. The molecule has 1 N–H and O–H groups in total. The van der Waals surface area contributed by atoms with Crippen LogP contribution in [0.5, 0.6) is 0 Å². The third kappa shape index (κ3) is 3.58. The number of pyridine rings is 1. The van der Waals surface area contributed by atoms with Crippen LogP contribution in [0.15, 0.2) is 24.4 Å². The fraction of sp³-hybridized carbons (Fsp3) is 0.550. The lowest BCUT2D eigenvalue weighted by Gasteiger charge is -2.32. The zero-order valence-electron chi connectivity index (χ0n) is 16.4. The lowest BCUT2D eigenvalue weighted by Crippen LogP contribution is -2.39. The monoisotopic (exact) mass is 407 g/mol. The maximum atomic E-state index is 13.6. The highest BCUT2D eigenvalue weighted by atomic mass is 19.4. The Bertz CT molecular complexity index is 910. The van der Waals surface area contributed by atoms with Gasteiger partial charge in [-0.05, 0) is 44.7 Å². The SMILES string of the molecule is CC[C@@H]1C[C@H](C(F)(F)F)n2nc([C@@H]3CCCN3C(=O)c3cccnc3C)cc2N1. The second-order valence-corrected chi connectivity index (χ2v) is 7.73. The summed E-state index contributed by atoms with van der Waals surface area (Å²) in [5.74, 6) is 0.216. The number of anilines is 1. The van der Waals surface area contributed by atoms with E-state index in [0.29, 0.717) is 42.2 Å². The summed E-state index contributed by atoms with van der Waals surface area (Å²) < 4.78 is 41.9. The fourth-order valence-electron chi connectivity index (χ4n) is 4.28. The zero-order valence-corrected chi connectivity index (χ0v) is 16.4. The van der Waals surface area contributed by atoms with Gasteiger partial charge < -0.3 is 10.2 Å². The zero-order chi connectivity index (χ0) is 20.8. The van der Waals surface area contributed by atoms with Crippen molar-refractivity contribution < 1.29 is 18.0 Å². The number of nitrogens with one attached hydrogen (secondary N) is 1. The average Bonchev–Trinajstić information content (AvgIpc) is 3.32. The lowest BCUT2D eigenvalue weighted by atomic mass is 10.0. The largest absolute Gasteiger partial charge is 0.410 e. The van der Waals surface area contributed by atoms with Gasteiger partial charge in [-0.15, -0.1) is 0 Å². The second kappa shape index (κ2) is 7.35. The minimum Gasteiger partial charge on any atom is -0.367 e. The van der Waals surface area contributed by atoms with Gasteiger partial charge in [-0.3, -0.25) is 9.78 Å². The molecule has 2 aromatic heterocycles. The van der Waals surface area contributed by atoms with Crippen LogP contribution in [0, 0.1) is 6.92 Å². The Kier molecular flexibility index (Phi) is 5.00. The number of rotatable bonds is 3. The van der Waals surface area contributed by atoms with E-state index < -0.39 is 12.2 Å². The molecule has 1 saturated heterocycles. The van der Waals surface area contributed by atoms with Crippen LogP contribution in [0.2, 0.25) is 0 Å². The van der Waals surface area contributed by atoms with E-state index in [1.54, 1.807) is 36.2 Å². The fourth-order valence-corrected chi connectivity index (χ4v) is 4.28. The molecule has 0 spiro atoms. The molecule has 0 bridgehead atoms. The van der Waals surface area contributed by atoms with E-state index in [2.05, 4.69) is 15.4 Å². The van der Waals surface area contributed by atoms with Gasteiger partial charge >= 0.3 is 6.18 Å². The molecule has 4 heterocycles. The summed E-state index contributed by atoms with van der Waals surface area (Å²) in [7, 11) is 0. The highest BCUT2D eigenvalue weighted by Gasteiger charge is 2.46. The lowest BCUT2D eigenvalue weighted by molar-refractivity contribution is -0.173. The Balaban J connectivity index is 1.66. The first-order valence-electron chi connectivity index (χ1n) is 9.95. The van der Waals surface area contributed by atoms with Crippen molar-refractivity contribution in [3.63, 3.8) is 0 Å². The number of hydrogen-bond donors (Lipinski definition) is 1. The smallest absolute Gasteiger partial charge is 0.367 e. The van der Waals surface area contributed by atoms with E-state index in [1.165, 1.54) is 0 Å². The number of aryl methyl sites for hydroxylation is 1. The van der Waals surface area contributed by atoms with Crippen LogP contribution in [0.25, 0.3) is 0 Å². The molecule has 0 saturated carbocycles. The van der Waals surface area contributed by atoms with Crippen molar-refractivity contribution >= 4 is 11.7 Å². The van der Waals surface area contributed by atoms with E-state index in [4.69, 9.17) is 0 Å². The van der Waals surface area contributed by atoms with Crippen LogP contribution in [0.3, 0.4) is 0 Å². The van der Waals surface area contributed by atoms with Crippen molar-refractivity contribution in [2.24, 2.45) is 0 Å². The number of nitrogens with zero attached hydrogens (tertiary/aromatic N) is 4. The Morgan fingerprint density at radius 3 is 2.86 bits per heavy atom. The Labute approximate surface area is 167 Å². The van der Waals surface area contributed by atoms with Crippen molar-refractivity contribution in [1.82, 2.24) is 19.7 Å². The number of fused-ring (bicyclic) bond motifs is 1. The Hall–Kier alpha value is -2.58. The van der Waals surface area contributed by atoms with E-state index in [0.717, 1.165) is 11.1 Å². The van der Waals surface area contributed by atoms with Gasteiger partial charge in [0, 0.05) is 30.5 Å². The first kappa shape index (κ1) is 19.7. The van der Waals surface area contributed by atoms with Crippen molar-refractivity contribution in [2.75, 3.05) is 11.9 Å². The molecule has 2 aliphatic heterocycles. The third-order valence-corrected chi connectivity index (χ3v) is 5.87. The van der Waals surface area contributed by atoms with E-state index >= 15 is 0 Å². The first-order valence-corrected chi connectivity index (χ1v) is 9.95. The molecule has 6 nitrogen and oxygen atoms in total. The summed E-state index contributed by atoms with van der Waals surface area (Å²) in [6.45, 7) is 4.19. The van der Waals surface area contributed by atoms with Crippen LogP contribution in [-0.2, 0) is 0 Å². The number of likely N-dealkylation sites (tertiary alicyclic amines) is 1. The Morgan fingerprint density at radius 1 is 1.38 bits per heavy atom. The molecule has 3 atom stereocenters. The second-order valence-electron chi connectivity index (χ2n) is 7.73. The van der Waals surface area contributed by atoms with Crippen LogP contribution < -0.4 is 5.32 Å². The standard InChI is InChI=1S/C20H24F3N5O/c1-3-13-10-17(20(21,22)23)28-18(25-13)11-15(26-28)16-7-5-9-27(16)19(29)14-6-4-8-24-12(14)2/h4,6,8,11,13,16-17,25H,3,5,7,9-10H2,1-2H3/t13-,16+,17-/m1/s1. The number of carbonyl (C=O) groups excluding carboxylic acids is 1. The summed E-state index contributed by atoms with van der Waals surface area (Å²) in [5.41, 5.74) is 1.66. The molecule has 9 heteroatoms. The van der Waals surface area contributed by atoms with Gasteiger partial charge in [0.15, 0.2) is 6.04 Å². The maximum absolute atomic E-state index is 13.6. The van der Waals surface area contributed by atoms with Crippen molar-refractivity contribution in [2.45, 2.75) is 63.8 Å². The van der Waals surface area contributed by atoms with E-state index in [-0.39, 0.29) is 24.4 Å². The van der Waals surface area contributed by atoms with Crippen molar-refractivity contribution in [3.8, 4) is 0 Å².